The van der Waals surface area contributed by atoms with Crippen LogP contribution >= 0.6 is 0 Å². The van der Waals surface area contributed by atoms with Crippen LogP contribution < -0.4 is 10.6 Å². The summed E-state index contributed by atoms with van der Waals surface area (Å²) in [6, 6.07) is 7.86. The Labute approximate surface area is 119 Å². The number of nitrogens with zero attached hydrogens (tertiary/aromatic N) is 2. The largest absolute Gasteiger partial charge is 0.346 e. The first kappa shape index (κ1) is 14.5. The van der Waals surface area contributed by atoms with Crippen molar-refractivity contribution in [3.05, 3.63) is 30.1 Å². The Bertz CT molecular complexity index is 605. The number of carbonyl (C=O) groups excluding carboxylic acids is 1. The molecular formula is C15H22N4O. The first-order valence-electron chi connectivity index (χ1n) is 6.91. The molecule has 0 aliphatic carbocycles. The van der Waals surface area contributed by atoms with Crippen LogP contribution in [-0.4, -0.2) is 29.1 Å². The standard InChI is InChI=1S/C15H22N4O/c1-10(9-16-3)15(20)17-11(2)14-18-12-7-5-6-8-13(12)19(14)4/h5-8,10-11,16H,9H2,1-4H3,(H,17,20). The number of imidazole rings is 1. The zero-order chi connectivity index (χ0) is 14.7. The third-order valence-electron chi connectivity index (χ3n) is 3.53. The molecule has 1 aromatic carbocycles. The third-order valence-corrected chi connectivity index (χ3v) is 3.53. The minimum Gasteiger partial charge on any atom is -0.346 e. The highest BCUT2D eigenvalue weighted by Crippen LogP contribution is 2.19. The summed E-state index contributed by atoms with van der Waals surface area (Å²) in [5.41, 5.74) is 2.03. The van der Waals surface area contributed by atoms with E-state index in [1.807, 2.05) is 56.8 Å². The van der Waals surface area contributed by atoms with Crippen molar-refractivity contribution in [2.45, 2.75) is 19.9 Å². The Morgan fingerprint density at radius 1 is 1.35 bits per heavy atom. The second kappa shape index (κ2) is 6.05. The van der Waals surface area contributed by atoms with Crippen LogP contribution in [0, 0.1) is 5.92 Å². The smallest absolute Gasteiger partial charge is 0.224 e. The second-order valence-corrected chi connectivity index (χ2v) is 5.21. The molecular weight excluding hydrogens is 252 g/mol. The van der Waals surface area contributed by atoms with Crippen LogP contribution in [0.4, 0.5) is 0 Å². The molecule has 1 amide bonds. The summed E-state index contributed by atoms with van der Waals surface area (Å²) < 4.78 is 2.03. The van der Waals surface area contributed by atoms with Crippen molar-refractivity contribution in [3.63, 3.8) is 0 Å². The Balaban J connectivity index is 2.17. The van der Waals surface area contributed by atoms with Crippen molar-refractivity contribution in [2.75, 3.05) is 13.6 Å². The number of benzene rings is 1. The van der Waals surface area contributed by atoms with Crippen molar-refractivity contribution in [3.8, 4) is 0 Å². The Morgan fingerprint density at radius 3 is 2.70 bits per heavy atom. The van der Waals surface area contributed by atoms with Gasteiger partial charge in [-0.2, -0.15) is 0 Å². The van der Waals surface area contributed by atoms with E-state index in [4.69, 9.17) is 0 Å². The number of hydrogen-bond acceptors (Lipinski definition) is 3. The van der Waals surface area contributed by atoms with Crippen molar-refractivity contribution in [1.29, 1.82) is 0 Å². The van der Waals surface area contributed by atoms with Crippen molar-refractivity contribution >= 4 is 16.9 Å². The van der Waals surface area contributed by atoms with Crippen LogP contribution in [0.2, 0.25) is 0 Å². The van der Waals surface area contributed by atoms with E-state index in [0.29, 0.717) is 6.54 Å². The second-order valence-electron chi connectivity index (χ2n) is 5.21. The molecule has 108 valence electrons. The van der Waals surface area contributed by atoms with Gasteiger partial charge in [-0.3, -0.25) is 4.79 Å². The van der Waals surface area contributed by atoms with E-state index < -0.39 is 0 Å². The normalized spacial score (nSPS) is 14.2. The molecule has 0 fully saturated rings. The molecule has 0 aliphatic heterocycles. The fraction of sp³-hybridized carbons (Fsp3) is 0.467. The lowest BCUT2D eigenvalue weighted by Crippen LogP contribution is -2.36. The van der Waals surface area contributed by atoms with Gasteiger partial charge in [0.2, 0.25) is 5.91 Å². The molecule has 1 heterocycles. The summed E-state index contributed by atoms with van der Waals surface area (Å²) in [7, 11) is 3.82. The number of rotatable bonds is 5. The van der Waals surface area contributed by atoms with Gasteiger partial charge in [-0.15, -0.1) is 0 Å². The van der Waals surface area contributed by atoms with E-state index in [9.17, 15) is 4.79 Å². The van der Waals surface area contributed by atoms with Gasteiger partial charge in [0.1, 0.15) is 5.82 Å². The number of fused-ring (bicyclic) bond motifs is 1. The van der Waals surface area contributed by atoms with Crippen molar-refractivity contribution in [2.24, 2.45) is 13.0 Å². The quantitative estimate of drug-likeness (QED) is 0.871. The average Bonchev–Trinajstić information content (AvgIpc) is 2.77. The van der Waals surface area contributed by atoms with E-state index >= 15 is 0 Å². The summed E-state index contributed by atoms with van der Waals surface area (Å²) in [5.74, 6) is 0.854. The first-order chi connectivity index (χ1) is 9.54. The molecule has 2 rings (SSSR count). The molecule has 1 aromatic heterocycles. The molecule has 0 spiro atoms. The highest BCUT2D eigenvalue weighted by molar-refractivity contribution is 5.79. The van der Waals surface area contributed by atoms with Crippen LogP contribution in [0.15, 0.2) is 24.3 Å². The first-order valence-corrected chi connectivity index (χ1v) is 6.91. The predicted octanol–water partition coefficient (Wildman–Crippen LogP) is 1.61. The zero-order valence-electron chi connectivity index (χ0n) is 12.5. The average molecular weight is 274 g/mol. The van der Waals surface area contributed by atoms with E-state index in [0.717, 1.165) is 16.9 Å². The summed E-state index contributed by atoms with van der Waals surface area (Å²) in [6.45, 7) is 4.54. The summed E-state index contributed by atoms with van der Waals surface area (Å²) in [5, 5.41) is 6.03. The molecule has 0 saturated heterocycles. The minimum absolute atomic E-state index is 0.0407. The Kier molecular flexibility index (Phi) is 4.39. The van der Waals surface area contributed by atoms with Crippen molar-refractivity contribution < 1.29 is 4.79 Å². The number of aromatic nitrogens is 2. The lowest BCUT2D eigenvalue weighted by molar-refractivity contribution is -0.125. The van der Waals surface area contributed by atoms with Crippen LogP contribution in [0.5, 0.6) is 0 Å². The SMILES string of the molecule is CNCC(C)C(=O)NC(C)c1nc2ccccc2n1C. The van der Waals surface area contributed by atoms with Crippen LogP contribution in [0.1, 0.15) is 25.7 Å². The molecule has 5 heteroatoms. The van der Waals surface area contributed by atoms with Gasteiger partial charge in [0, 0.05) is 19.5 Å². The van der Waals surface area contributed by atoms with Crippen LogP contribution in [-0.2, 0) is 11.8 Å². The van der Waals surface area contributed by atoms with E-state index in [1.54, 1.807) is 0 Å². The topological polar surface area (TPSA) is 59.0 Å². The lowest BCUT2D eigenvalue weighted by atomic mass is 10.1. The highest BCUT2D eigenvalue weighted by Gasteiger charge is 2.19. The molecule has 2 N–H and O–H groups in total. The van der Waals surface area contributed by atoms with Gasteiger partial charge in [0.05, 0.1) is 17.1 Å². The molecule has 2 atom stereocenters. The van der Waals surface area contributed by atoms with E-state index in [2.05, 4.69) is 15.6 Å². The molecule has 2 aromatic rings. The lowest BCUT2D eigenvalue weighted by Gasteiger charge is -2.17. The third kappa shape index (κ3) is 2.82. The van der Waals surface area contributed by atoms with E-state index in [-0.39, 0.29) is 17.9 Å². The number of aryl methyl sites for hydroxylation is 1. The summed E-state index contributed by atoms with van der Waals surface area (Å²) in [4.78, 5) is 16.7. The molecule has 20 heavy (non-hydrogen) atoms. The predicted molar refractivity (Wildman–Crippen MR) is 80.4 cm³/mol. The molecule has 5 nitrogen and oxygen atoms in total. The van der Waals surface area contributed by atoms with Gasteiger partial charge < -0.3 is 15.2 Å². The van der Waals surface area contributed by atoms with Crippen LogP contribution in [0.3, 0.4) is 0 Å². The fourth-order valence-electron chi connectivity index (χ4n) is 2.37. The monoisotopic (exact) mass is 274 g/mol. The molecule has 0 aliphatic rings. The molecule has 0 saturated carbocycles. The number of amides is 1. The zero-order valence-corrected chi connectivity index (χ0v) is 12.5. The maximum atomic E-state index is 12.1. The highest BCUT2D eigenvalue weighted by atomic mass is 16.1. The maximum Gasteiger partial charge on any atom is 0.224 e. The molecule has 2 unspecified atom stereocenters. The minimum atomic E-state index is -0.112. The molecule has 0 bridgehead atoms. The Morgan fingerprint density at radius 2 is 2.05 bits per heavy atom. The van der Waals surface area contributed by atoms with Gasteiger partial charge in [-0.1, -0.05) is 19.1 Å². The number of hydrogen-bond donors (Lipinski definition) is 2. The maximum absolute atomic E-state index is 12.1. The summed E-state index contributed by atoms with van der Waals surface area (Å²) in [6.07, 6.45) is 0. The molecule has 0 radical (unpaired) electrons. The number of nitrogens with one attached hydrogen (secondary N) is 2. The summed E-state index contributed by atoms with van der Waals surface area (Å²) >= 11 is 0. The number of carbonyl (C=O) groups is 1. The van der Waals surface area contributed by atoms with Gasteiger partial charge in [0.15, 0.2) is 0 Å². The van der Waals surface area contributed by atoms with Gasteiger partial charge in [-0.25, -0.2) is 4.98 Å². The fourth-order valence-corrected chi connectivity index (χ4v) is 2.37. The van der Waals surface area contributed by atoms with E-state index in [1.165, 1.54) is 0 Å². The van der Waals surface area contributed by atoms with Gasteiger partial charge in [-0.05, 0) is 26.1 Å². The Hall–Kier alpha value is -1.88. The number of para-hydroxylation sites is 2. The van der Waals surface area contributed by atoms with Crippen LogP contribution in [0.25, 0.3) is 11.0 Å². The van der Waals surface area contributed by atoms with Gasteiger partial charge >= 0.3 is 0 Å². The van der Waals surface area contributed by atoms with Crippen molar-refractivity contribution in [1.82, 2.24) is 20.2 Å². The van der Waals surface area contributed by atoms with Gasteiger partial charge in [0.25, 0.3) is 0 Å².